The first kappa shape index (κ1) is 15.4. The molecular weight excluding hydrogens is 390 g/mol. The van der Waals surface area contributed by atoms with Gasteiger partial charge in [0.05, 0.1) is 22.8 Å². The standard InChI is InChI=1S/C12H11F3INO3/c13-12(14,15)6-20-10-2-1-7(3-9(10)16)11(18)17-8-4-19-5-8/h1-3,8H,4-6H2,(H,17,18). The molecule has 1 aromatic rings. The zero-order valence-electron chi connectivity index (χ0n) is 10.2. The molecule has 0 radical (unpaired) electrons. The number of hydrogen-bond donors (Lipinski definition) is 1. The van der Waals surface area contributed by atoms with Crippen LogP contribution in [0.1, 0.15) is 10.4 Å². The predicted molar refractivity (Wildman–Crippen MR) is 72.8 cm³/mol. The van der Waals surface area contributed by atoms with Crippen LogP contribution < -0.4 is 10.1 Å². The molecule has 1 N–H and O–H groups in total. The molecular formula is C12H11F3INO3. The molecule has 8 heteroatoms. The average molecular weight is 401 g/mol. The molecule has 20 heavy (non-hydrogen) atoms. The lowest BCUT2D eigenvalue weighted by molar-refractivity contribution is -0.153. The van der Waals surface area contributed by atoms with Crippen LogP contribution in [-0.4, -0.2) is 37.9 Å². The molecule has 0 saturated carbocycles. The first-order chi connectivity index (χ1) is 9.35. The summed E-state index contributed by atoms with van der Waals surface area (Å²) in [6.45, 7) is -0.390. The molecule has 2 rings (SSSR count). The second-order valence-electron chi connectivity index (χ2n) is 4.26. The molecule has 110 valence electrons. The number of carbonyl (C=O) groups excluding carboxylic acids is 1. The van der Waals surface area contributed by atoms with Crippen LogP contribution in [0, 0.1) is 3.57 Å². The van der Waals surface area contributed by atoms with E-state index in [1.807, 2.05) is 22.6 Å². The van der Waals surface area contributed by atoms with Crippen LogP contribution in [-0.2, 0) is 4.74 Å². The van der Waals surface area contributed by atoms with Crippen molar-refractivity contribution in [3.05, 3.63) is 27.3 Å². The number of benzene rings is 1. The number of amides is 1. The predicted octanol–water partition coefficient (Wildman–Crippen LogP) is 2.36. The molecule has 1 fully saturated rings. The number of alkyl halides is 3. The van der Waals surface area contributed by atoms with E-state index < -0.39 is 12.8 Å². The van der Waals surface area contributed by atoms with Gasteiger partial charge in [-0.1, -0.05) is 0 Å². The molecule has 0 unspecified atom stereocenters. The third-order valence-corrected chi connectivity index (χ3v) is 3.40. The molecule has 4 nitrogen and oxygen atoms in total. The van der Waals surface area contributed by atoms with Crippen molar-refractivity contribution in [2.45, 2.75) is 12.2 Å². The van der Waals surface area contributed by atoms with Crippen molar-refractivity contribution in [2.75, 3.05) is 19.8 Å². The van der Waals surface area contributed by atoms with Gasteiger partial charge in [-0.25, -0.2) is 0 Å². The lowest BCUT2D eigenvalue weighted by Crippen LogP contribution is -2.48. The van der Waals surface area contributed by atoms with Gasteiger partial charge >= 0.3 is 6.18 Å². The Morgan fingerprint density at radius 2 is 2.15 bits per heavy atom. The molecule has 1 saturated heterocycles. The van der Waals surface area contributed by atoms with Gasteiger partial charge in [0, 0.05) is 5.56 Å². The molecule has 1 aliphatic heterocycles. The summed E-state index contributed by atoms with van der Waals surface area (Å²) in [5, 5.41) is 2.75. The highest BCUT2D eigenvalue weighted by Crippen LogP contribution is 2.25. The van der Waals surface area contributed by atoms with E-state index in [-0.39, 0.29) is 17.7 Å². The number of rotatable bonds is 4. The fraction of sp³-hybridized carbons (Fsp3) is 0.417. The van der Waals surface area contributed by atoms with E-state index in [1.54, 1.807) is 0 Å². The van der Waals surface area contributed by atoms with E-state index in [1.165, 1.54) is 18.2 Å². The van der Waals surface area contributed by atoms with Gasteiger partial charge in [-0.3, -0.25) is 4.79 Å². The second kappa shape index (κ2) is 6.17. The van der Waals surface area contributed by atoms with Crippen molar-refractivity contribution in [3.8, 4) is 5.75 Å². The van der Waals surface area contributed by atoms with E-state index in [0.29, 0.717) is 22.3 Å². The van der Waals surface area contributed by atoms with E-state index in [4.69, 9.17) is 4.74 Å². The Hall–Kier alpha value is -1.03. The van der Waals surface area contributed by atoms with Gasteiger partial charge in [0.2, 0.25) is 0 Å². The molecule has 0 aliphatic carbocycles. The Bertz CT molecular complexity index is 503. The minimum Gasteiger partial charge on any atom is -0.483 e. The van der Waals surface area contributed by atoms with Crippen molar-refractivity contribution < 1.29 is 27.4 Å². The second-order valence-corrected chi connectivity index (χ2v) is 5.42. The first-order valence-corrected chi connectivity index (χ1v) is 6.81. The van der Waals surface area contributed by atoms with Crippen molar-refractivity contribution in [3.63, 3.8) is 0 Å². The SMILES string of the molecule is O=C(NC1COC1)c1ccc(OCC(F)(F)F)c(I)c1. The fourth-order valence-corrected chi connectivity index (χ4v) is 2.18. The zero-order valence-corrected chi connectivity index (χ0v) is 12.3. The van der Waals surface area contributed by atoms with Crippen LogP contribution in [0.3, 0.4) is 0 Å². The molecule has 0 bridgehead atoms. The number of ether oxygens (including phenoxy) is 2. The Balaban J connectivity index is 1.99. The van der Waals surface area contributed by atoms with Gasteiger partial charge in [-0.2, -0.15) is 13.2 Å². The van der Waals surface area contributed by atoms with Gasteiger partial charge < -0.3 is 14.8 Å². The molecule has 0 spiro atoms. The zero-order chi connectivity index (χ0) is 14.8. The van der Waals surface area contributed by atoms with Crippen molar-refractivity contribution >= 4 is 28.5 Å². The Morgan fingerprint density at radius 1 is 1.45 bits per heavy atom. The summed E-state index contributed by atoms with van der Waals surface area (Å²) in [4.78, 5) is 11.8. The van der Waals surface area contributed by atoms with E-state index in [2.05, 4.69) is 10.1 Å². The first-order valence-electron chi connectivity index (χ1n) is 5.73. The van der Waals surface area contributed by atoms with Gasteiger partial charge in [0.1, 0.15) is 5.75 Å². The van der Waals surface area contributed by atoms with Gasteiger partial charge in [0.25, 0.3) is 5.91 Å². The van der Waals surface area contributed by atoms with Crippen molar-refractivity contribution in [1.82, 2.24) is 5.32 Å². The van der Waals surface area contributed by atoms with Crippen LogP contribution in [0.4, 0.5) is 13.2 Å². The van der Waals surface area contributed by atoms with Gasteiger partial charge in [-0.15, -0.1) is 0 Å². The molecule has 1 aromatic carbocycles. The van der Waals surface area contributed by atoms with Crippen LogP contribution in [0.15, 0.2) is 18.2 Å². The van der Waals surface area contributed by atoms with Crippen molar-refractivity contribution in [2.24, 2.45) is 0 Å². The summed E-state index contributed by atoms with van der Waals surface area (Å²) in [5.41, 5.74) is 0.376. The van der Waals surface area contributed by atoms with Gasteiger partial charge in [-0.05, 0) is 40.8 Å². The largest absolute Gasteiger partial charge is 0.483 e. The van der Waals surface area contributed by atoms with E-state index in [0.717, 1.165) is 0 Å². The minimum absolute atomic E-state index is 0.00122. The maximum absolute atomic E-state index is 12.1. The lowest BCUT2D eigenvalue weighted by Gasteiger charge is -2.26. The highest BCUT2D eigenvalue weighted by Gasteiger charge is 2.29. The normalized spacial score (nSPS) is 15.6. The third kappa shape index (κ3) is 4.23. The Labute approximate surface area is 126 Å². The molecule has 0 atom stereocenters. The molecule has 1 amide bonds. The topological polar surface area (TPSA) is 47.6 Å². The summed E-state index contributed by atoms with van der Waals surface area (Å²) in [7, 11) is 0. The number of carbonyl (C=O) groups is 1. The summed E-state index contributed by atoms with van der Waals surface area (Å²) in [5.74, 6) is -0.176. The lowest BCUT2D eigenvalue weighted by atomic mass is 10.2. The van der Waals surface area contributed by atoms with E-state index >= 15 is 0 Å². The quantitative estimate of drug-likeness (QED) is 0.789. The molecule has 0 aromatic heterocycles. The minimum atomic E-state index is -4.39. The van der Waals surface area contributed by atoms with Crippen molar-refractivity contribution in [1.29, 1.82) is 0 Å². The fourth-order valence-electron chi connectivity index (χ4n) is 1.51. The molecule has 1 aliphatic rings. The number of nitrogens with one attached hydrogen (secondary N) is 1. The van der Waals surface area contributed by atoms with Gasteiger partial charge in [0.15, 0.2) is 6.61 Å². The molecule has 1 heterocycles. The highest BCUT2D eigenvalue weighted by molar-refractivity contribution is 14.1. The van der Waals surface area contributed by atoms with Crippen LogP contribution in [0.2, 0.25) is 0 Å². The van der Waals surface area contributed by atoms with E-state index in [9.17, 15) is 18.0 Å². The van der Waals surface area contributed by atoms with Crippen LogP contribution in [0.5, 0.6) is 5.75 Å². The smallest absolute Gasteiger partial charge is 0.422 e. The maximum Gasteiger partial charge on any atom is 0.422 e. The summed E-state index contributed by atoms with van der Waals surface area (Å²) in [6, 6.07) is 4.28. The summed E-state index contributed by atoms with van der Waals surface area (Å²) < 4.78 is 46.2. The van der Waals surface area contributed by atoms with Crippen LogP contribution >= 0.6 is 22.6 Å². The summed E-state index contributed by atoms with van der Waals surface area (Å²) >= 11 is 1.83. The monoisotopic (exact) mass is 401 g/mol. The highest BCUT2D eigenvalue weighted by atomic mass is 127. The summed E-state index contributed by atoms with van der Waals surface area (Å²) in [6.07, 6.45) is -4.39. The maximum atomic E-state index is 12.1. The number of hydrogen-bond acceptors (Lipinski definition) is 3. The number of halogens is 4. The third-order valence-electron chi connectivity index (χ3n) is 2.56. The Morgan fingerprint density at radius 3 is 2.65 bits per heavy atom. The Kier molecular flexibility index (Phi) is 4.74. The van der Waals surface area contributed by atoms with Crippen LogP contribution in [0.25, 0.3) is 0 Å². The average Bonchev–Trinajstić information content (AvgIpc) is 2.30.